The maximum Gasteiger partial charge on any atom is 0.258 e. The van der Waals surface area contributed by atoms with Crippen molar-refractivity contribution in [1.82, 2.24) is 10.3 Å². The summed E-state index contributed by atoms with van der Waals surface area (Å²) in [7, 11) is 0. The summed E-state index contributed by atoms with van der Waals surface area (Å²) >= 11 is 6.15. The van der Waals surface area contributed by atoms with E-state index >= 15 is 0 Å². The van der Waals surface area contributed by atoms with E-state index in [1.165, 1.54) is 0 Å². The number of aromatic nitrogens is 1. The maximum absolute atomic E-state index is 12.2. The lowest BCUT2D eigenvalue weighted by Crippen LogP contribution is -2.47. The number of pyridine rings is 1. The zero-order valence-corrected chi connectivity index (χ0v) is 15.1. The van der Waals surface area contributed by atoms with Crippen molar-refractivity contribution >= 4 is 34.3 Å². The highest BCUT2D eigenvalue weighted by Crippen LogP contribution is 2.29. The van der Waals surface area contributed by atoms with Gasteiger partial charge in [0.2, 0.25) is 5.91 Å². The zero-order chi connectivity index (χ0) is 19.2. The Hall–Kier alpha value is -3.12. The minimum absolute atomic E-state index is 0.272. The van der Waals surface area contributed by atoms with Gasteiger partial charge in [-0.25, -0.2) is 0 Å². The molecule has 0 saturated heterocycles. The van der Waals surface area contributed by atoms with Gasteiger partial charge in [-0.1, -0.05) is 41.9 Å². The van der Waals surface area contributed by atoms with Crippen LogP contribution in [0.4, 0.5) is 0 Å². The molecule has 3 rings (SSSR count). The normalized spacial score (nSPS) is 11.7. The molecule has 0 radical (unpaired) electrons. The lowest BCUT2D eigenvalue weighted by molar-refractivity contribution is -0.128. The molecule has 0 aliphatic rings. The van der Waals surface area contributed by atoms with Gasteiger partial charge in [0.1, 0.15) is 17.3 Å². The smallest absolute Gasteiger partial charge is 0.258 e. The van der Waals surface area contributed by atoms with Crippen LogP contribution in [0, 0.1) is 0 Å². The van der Waals surface area contributed by atoms with Crippen LogP contribution in [-0.4, -0.2) is 29.4 Å². The highest BCUT2D eigenvalue weighted by atomic mass is 35.5. The molecular formula is C20H18ClN3O3. The second-order valence-corrected chi connectivity index (χ2v) is 6.35. The van der Waals surface area contributed by atoms with E-state index in [2.05, 4.69) is 10.3 Å². The number of rotatable bonds is 7. The lowest BCUT2D eigenvalue weighted by Gasteiger charge is -2.16. The van der Waals surface area contributed by atoms with Gasteiger partial charge in [0.15, 0.2) is 6.61 Å². The van der Waals surface area contributed by atoms with E-state index in [1.54, 1.807) is 24.4 Å². The Bertz CT molecular complexity index is 963. The second kappa shape index (κ2) is 8.51. The number of nitrogens with two attached hydrogens (primary N) is 1. The van der Waals surface area contributed by atoms with Crippen LogP contribution < -0.4 is 15.8 Å². The minimum atomic E-state index is -0.816. The summed E-state index contributed by atoms with van der Waals surface area (Å²) < 4.78 is 5.58. The summed E-state index contributed by atoms with van der Waals surface area (Å²) in [6.07, 6.45) is 1.93. The molecule has 7 heteroatoms. The van der Waals surface area contributed by atoms with E-state index in [0.29, 0.717) is 22.7 Å². The lowest BCUT2D eigenvalue weighted by atomic mass is 10.1. The van der Waals surface area contributed by atoms with Crippen molar-refractivity contribution < 1.29 is 14.3 Å². The molecule has 0 aliphatic heterocycles. The number of hydrogen-bond donors (Lipinski definition) is 2. The molecule has 1 atom stereocenters. The van der Waals surface area contributed by atoms with Gasteiger partial charge in [0, 0.05) is 18.0 Å². The molecule has 1 heterocycles. The predicted molar refractivity (Wildman–Crippen MR) is 104 cm³/mol. The van der Waals surface area contributed by atoms with Crippen molar-refractivity contribution in [1.29, 1.82) is 0 Å². The fourth-order valence-electron chi connectivity index (χ4n) is 2.68. The first kappa shape index (κ1) is 18.7. The molecule has 138 valence electrons. The van der Waals surface area contributed by atoms with Crippen molar-refractivity contribution in [2.45, 2.75) is 12.5 Å². The number of primary amides is 1. The summed E-state index contributed by atoms with van der Waals surface area (Å²) in [6.45, 7) is -0.272. The Morgan fingerprint density at radius 1 is 1.11 bits per heavy atom. The number of fused-ring (bicyclic) bond motifs is 1. The van der Waals surface area contributed by atoms with Gasteiger partial charge < -0.3 is 15.8 Å². The number of carbonyl (C=O) groups excluding carboxylic acids is 2. The molecule has 0 fully saturated rings. The molecule has 2 amide bonds. The largest absolute Gasteiger partial charge is 0.481 e. The van der Waals surface area contributed by atoms with Gasteiger partial charge in [0.05, 0.1) is 5.02 Å². The van der Waals surface area contributed by atoms with Crippen LogP contribution in [0.1, 0.15) is 5.56 Å². The van der Waals surface area contributed by atoms with E-state index < -0.39 is 17.9 Å². The van der Waals surface area contributed by atoms with Gasteiger partial charge >= 0.3 is 0 Å². The molecule has 6 nitrogen and oxygen atoms in total. The number of carbonyl (C=O) groups is 2. The molecule has 1 unspecified atom stereocenters. The van der Waals surface area contributed by atoms with Crippen LogP contribution in [0.5, 0.6) is 5.75 Å². The van der Waals surface area contributed by atoms with E-state index in [4.69, 9.17) is 22.1 Å². The first-order valence-corrected chi connectivity index (χ1v) is 8.71. The number of benzene rings is 2. The molecule has 0 saturated carbocycles. The minimum Gasteiger partial charge on any atom is -0.481 e. The summed E-state index contributed by atoms with van der Waals surface area (Å²) in [5, 5.41) is 3.89. The first-order chi connectivity index (χ1) is 13.0. The first-order valence-electron chi connectivity index (χ1n) is 8.33. The Morgan fingerprint density at radius 3 is 2.63 bits per heavy atom. The van der Waals surface area contributed by atoms with Crippen molar-refractivity contribution in [2.24, 2.45) is 5.73 Å². The average Bonchev–Trinajstić information content (AvgIpc) is 2.68. The van der Waals surface area contributed by atoms with Crippen LogP contribution in [-0.2, 0) is 16.0 Å². The Labute approximate surface area is 161 Å². The Balaban J connectivity index is 1.65. The second-order valence-electron chi connectivity index (χ2n) is 5.95. The van der Waals surface area contributed by atoms with E-state index in [-0.39, 0.29) is 6.61 Å². The van der Waals surface area contributed by atoms with E-state index in [0.717, 1.165) is 10.9 Å². The average molecular weight is 384 g/mol. The summed E-state index contributed by atoms with van der Waals surface area (Å²) in [5.74, 6) is -0.622. The van der Waals surface area contributed by atoms with Gasteiger partial charge in [-0.3, -0.25) is 14.6 Å². The van der Waals surface area contributed by atoms with Gasteiger partial charge in [-0.2, -0.15) is 0 Å². The third-order valence-corrected chi connectivity index (χ3v) is 4.33. The number of halogens is 1. The summed E-state index contributed by atoms with van der Waals surface area (Å²) in [5.41, 5.74) is 6.87. The number of nitrogens with one attached hydrogen (secondary N) is 1. The molecule has 3 N–H and O–H groups in total. The molecule has 2 aromatic carbocycles. The van der Waals surface area contributed by atoms with Gasteiger partial charge in [0.25, 0.3) is 5.91 Å². The number of amides is 2. The van der Waals surface area contributed by atoms with E-state index in [9.17, 15) is 9.59 Å². The van der Waals surface area contributed by atoms with Crippen molar-refractivity contribution in [3.63, 3.8) is 0 Å². The monoisotopic (exact) mass is 383 g/mol. The van der Waals surface area contributed by atoms with Crippen molar-refractivity contribution in [3.05, 3.63) is 71.4 Å². The third-order valence-electron chi connectivity index (χ3n) is 4.00. The standard InChI is InChI=1S/C20H18ClN3O3/c21-15-8-9-17(19-14(15)7-4-10-23-19)27-12-18(25)24-16(20(22)26)11-13-5-2-1-3-6-13/h1-10,16H,11-12H2,(H2,22,26)(H,24,25). The molecule has 0 spiro atoms. The van der Waals surface area contributed by atoms with Gasteiger partial charge in [-0.15, -0.1) is 0 Å². The fourth-order valence-corrected chi connectivity index (χ4v) is 2.90. The van der Waals surface area contributed by atoms with Crippen LogP contribution in [0.3, 0.4) is 0 Å². The highest BCUT2D eigenvalue weighted by Gasteiger charge is 2.19. The zero-order valence-electron chi connectivity index (χ0n) is 14.4. The van der Waals surface area contributed by atoms with Crippen LogP contribution in [0.15, 0.2) is 60.8 Å². The molecule has 0 bridgehead atoms. The molecule has 0 aliphatic carbocycles. The molecule has 1 aromatic heterocycles. The Morgan fingerprint density at radius 2 is 1.89 bits per heavy atom. The maximum atomic E-state index is 12.2. The topological polar surface area (TPSA) is 94.3 Å². The number of nitrogens with zero attached hydrogens (tertiary/aromatic N) is 1. The fraction of sp³-hybridized carbons (Fsp3) is 0.150. The van der Waals surface area contributed by atoms with Crippen LogP contribution >= 0.6 is 11.6 Å². The molecule has 27 heavy (non-hydrogen) atoms. The van der Waals surface area contributed by atoms with Crippen molar-refractivity contribution in [2.75, 3.05) is 6.61 Å². The molecule has 3 aromatic rings. The summed E-state index contributed by atoms with van der Waals surface area (Å²) in [4.78, 5) is 28.2. The van der Waals surface area contributed by atoms with Gasteiger partial charge in [-0.05, 0) is 29.8 Å². The number of hydrogen-bond acceptors (Lipinski definition) is 4. The van der Waals surface area contributed by atoms with Crippen molar-refractivity contribution in [3.8, 4) is 5.75 Å². The Kier molecular flexibility index (Phi) is 5.88. The van der Waals surface area contributed by atoms with Crippen LogP contribution in [0.2, 0.25) is 5.02 Å². The number of ether oxygens (including phenoxy) is 1. The third kappa shape index (κ3) is 4.74. The quantitative estimate of drug-likeness (QED) is 0.655. The SMILES string of the molecule is NC(=O)C(Cc1ccccc1)NC(=O)COc1ccc(Cl)c2cccnc12. The summed E-state index contributed by atoms with van der Waals surface area (Å²) in [6, 6.07) is 15.4. The highest BCUT2D eigenvalue weighted by molar-refractivity contribution is 6.35. The van der Waals surface area contributed by atoms with Crippen LogP contribution in [0.25, 0.3) is 10.9 Å². The predicted octanol–water partition coefficient (Wildman–Crippen LogP) is 2.48. The van der Waals surface area contributed by atoms with E-state index in [1.807, 2.05) is 36.4 Å². The molecular weight excluding hydrogens is 366 g/mol.